The monoisotopic (exact) mass is 503 g/mol. The van der Waals surface area contributed by atoms with Crippen LogP contribution >= 0.6 is 15.9 Å². The summed E-state index contributed by atoms with van der Waals surface area (Å²) in [7, 11) is 1.69. The molecule has 0 saturated carbocycles. The van der Waals surface area contributed by atoms with E-state index in [9.17, 15) is 0 Å². The Morgan fingerprint density at radius 1 is 0.875 bits per heavy atom. The summed E-state index contributed by atoms with van der Waals surface area (Å²) in [5, 5.41) is 2.46. The van der Waals surface area contributed by atoms with Crippen molar-refractivity contribution in [3.8, 4) is 22.7 Å². The minimum Gasteiger partial charge on any atom is -1.00 e. The second kappa shape index (κ2) is 8.01. The highest BCUT2D eigenvalue weighted by Crippen LogP contribution is 2.34. The van der Waals surface area contributed by atoms with E-state index in [0.29, 0.717) is 0 Å². The Morgan fingerprint density at radius 3 is 2.38 bits per heavy atom. The molecular weight excluding hydrogens is 486 g/mol. The number of pyridine rings is 1. The van der Waals surface area contributed by atoms with Gasteiger partial charge in [0.25, 0.3) is 6.33 Å². The zero-order chi connectivity index (χ0) is 20.9. The first-order valence-electron chi connectivity index (χ1n) is 10.1. The smallest absolute Gasteiger partial charge is 0.254 e. The highest BCUT2D eigenvalue weighted by molar-refractivity contribution is 9.10. The fourth-order valence-corrected chi connectivity index (χ4v) is 4.60. The van der Waals surface area contributed by atoms with Crippen molar-refractivity contribution in [1.82, 2.24) is 9.55 Å². The number of hydrogen-bond donors (Lipinski definition) is 1. The number of halogens is 2. The van der Waals surface area contributed by atoms with Crippen molar-refractivity contribution >= 4 is 43.3 Å². The van der Waals surface area contributed by atoms with Crippen LogP contribution in [0.2, 0.25) is 0 Å². The summed E-state index contributed by atoms with van der Waals surface area (Å²) in [6.45, 7) is 0. The van der Waals surface area contributed by atoms with Gasteiger partial charge in [-0.05, 0) is 60.7 Å². The zero-order valence-corrected chi connectivity index (χ0v) is 19.6. The summed E-state index contributed by atoms with van der Waals surface area (Å²) in [6.07, 6.45) is 4.28. The quantitative estimate of drug-likeness (QED) is 0.369. The predicted octanol–water partition coefficient (Wildman–Crippen LogP) is 3.29. The number of fused-ring (bicyclic) bond motifs is 5. The van der Waals surface area contributed by atoms with Gasteiger partial charge in [0.05, 0.1) is 18.8 Å². The van der Waals surface area contributed by atoms with Crippen molar-refractivity contribution in [2.45, 2.75) is 0 Å². The Balaban J connectivity index is 0.00000216. The van der Waals surface area contributed by atoms with Gasteiger partial charge in [-0.25, -0.2) is 0 Å². The van der Waals surface area contributed by atoms with Crippen molar-refractivity contribution in [3.05, 3.63) is 95.9 Å². The molecular formula is C26H19BrClN3O. The maximum Gasteiger partial charge on any atom is 0.254 e. The van der Waals surface area contributed by atoms with Crippen molar-refractivity contribution < 1.29 is 21.5 Å². The molecule has 0 spiro atoms. The number of benzene rings is 3. The van der Waals surface area contributed by atoms with Crippen LogP contribution in [0.25, 0.3) is 44.3 Å². The Labute approximate surface area is 199 Å². The van der Waals surface area contributed by atoms with E-state index in [1.807, 2.05) is 12.1 Å². The van der Waals surface area contributed by atoms with E-state index in [4.69, 9.17) is 4.74 Å². The molecule has 0 bridgehead atoms. The maximum absolute atomic E-state index is 5.36. The molecule has 6 aromatic rings. The summed E-state index contributed by atoms with van der Waals surface area (Å²) in [5.41, 5.74) is 6.78. The average molecular weight is 505 g/mol. The second-order valence-corrected chi connectivity index (χ2v) is 8.49. The minimum atomic E-state index is 0. The van der Waals surface area contributed by atoms with Crippen LogP contribution in [0.4, 0.5) is 0 Å². The largest absolute Gasteiger partial charge is 1.00 e. The Morgan fingerprint density at radius 2 is 1.62 bits per heavy atom. The van der Waals surface area contributed by atoms with Crippen molar-refractivity contribution in [2.24, 2.45) is 0 Å². The van der Waals surface area contributed by atoms with Gasteiger partial charge in [-0.15, -0.1) is 0 Å². The van der Waals surface area contributed by atoms with Gasteiger partial charge in [0.15, 0.2) is 5.69 Å². The number of para-hydroxylation sites is 1. The fraction of sp³-hybridized carbons (Fsp3) is 0.0385. The van der Waals surface area contributed by atoms with Gasteiger partial charge in [-0.3, -0.25) is 0 Å². The van der Waals surface area contributed by atoms with Gasteiger partial charge < -0.3 is 22.1 Å². The van der Waals surface area contributed by atoms with Crippen LogP contribution in [-0.4, -0.2) is 16.7 Å². The predicted molar refractivity (Wildman–Crippen MR) is 128 cm³/mol. The lowest BCUT2D eigenvalue weighted by Crippen LogP contribution is -3.00. The fourth-order valence-electron chi connectivity index (χ4n) is 4.34. The van der Waals surface area contributed by atoms with Gasteiger partial charge in [0.2, 0.25) is 5.52 Å². The van der Waals surface area contributed by atoms with E-state index in [0.717, 1.165) is 43.7 Å². The molecule has 4 nitrogen and oxygen atoms in total. The molecule has 0 amide bonds. The molecule has 3 aromatic carbocycles. The lowest BCUT2D eigenvalue weighted by atomic mass is 10.1. The van der Waals surface area contributed by atoms with E-state index in [-0.39, 0.29) is 12.4 Å². The van der Waals surface area contributed by atoms with Crippen molar-refractivity contribution in [1.29, 1.82) is 0 Å². The van der Waals surface area contributed by atoms with Crippen LogP contribution < -0.4 is 21.5 Å². The molecule has 0 atom stereocenters. The zero-order valence-electron chi connectivity index (χ0n) is 17.2. The highest BCUT2D eigenvalue weighted by atomic mass is 79.9. The van der Waals surface area contributed by atoms with Gasteiger partial charge in [-0.1, -0.05) is 34.1 Å². The lowest BCUT2D eigenvalue weighted by Gasteiger charge is -2.04. The number of aromatic nitrogens is 3. The molecule has 3 aromatic heterocycles. The molecule has 0 aliphatic carbocycles. The number of imidazole rings is 1. The molecule has 3 heterocycles. The molecule has 6 heteroatoms. The Kier molecular flexibility index (Phi) is 5.16. The SMILES string of the molecule is COc1ccc(-n2c[n+]3ccc4c5ccccc5[nH]c4c3c2-c2ccc(Br)cc2)cc1.[Cl-]. The molecule has 0 unspecified atom stereocenters. The normalized spacial score (nSPS) is 11.2. The second-order valence-electron chi connectivity index (χ2n) is 7.57. The molecule has 0 radical (unpaired) electrons. The Hall–Kier alpha value is -3.28. The third-order valence-corrected chi connectivity index (χ3v) is 6.35. The number of methoxy groups -OCH3 is 1. The van der Waals surface area contributed by atoms with E-state index in [1.165, 1.54) is 10.8 Å². The molecule has 1 N–H and O–H groups in total. The summed E-state index contributed by atoms with van der Waals surface area (Å²) in [4.78, 5) is 3.66. The van der Waals surface area contributed by atoms with Crippen LogP contribution in [0.15, 0.2) is 95.9 Å². The standard InChI is InChI=1S/C26H19BrN3O.ClH/c1-31-20-12-10-19(11-13-20)30-16-29-15-14-22-21-4-2-3-5-23(21)28-24(22)26(29)25(30)17-6-8-18(27)9-7-17;/h2-16,28H,1H3;1H/q+1;/p-1. The van der Waals surface area contributed by atoms with E-state index in [1.54, 1.807) is 7.11 Å². The number of H-pyrrole nitrogens is 1. The highest BCUT2D eigenvalue weighted by Gasteiger charge is 2.25. The number of aromatic amines is 1. The minimum absolute atomic E-state index is 0. The van der Waals surface area contributed by atoms with Gasteiger partial charge in [0, 0.05) is 26.3 Å². The first-order valence-corrected chi connectivity index (χ1v) is 10.9. The summed E-state index contributed by atoms with van der Waals surface area (Å²) < 4.78 is 10.9. The average Bonchev–Trinajstić information content (AvgIpc) is 3.38. The van der Waals surface area contributed by atoms with Crippen molar-refractivity contribution in [2.75, 3.05) is 7.11 Å². The topological polar surface area (TPSA) is 34.0 Å². The molecule has 32 heavy (non-hydrogen) atoms. The van der Waals surface area contributed by atoms with Crippen LogP contribution in [0.5, 0.6) is 5.75 Å². The number of rotatable bonds is 3. The van der Waals surface area contributed by atoms with Crippen LogP contribution in [-0.2, 0) is 0 Å². The molecule has 0 saturated heterocycles. The third kappa shape index (κ3) is 3.17. The summed E-state index contributed by atoms with van der Waals surface area (Å²) >= 11 is 3.57. The van der Waals surface area contributed by atoms with Crippen molar-refractivity contribution in [3.63, 3.8) is 0 Å². The molecule has 0 aliphatic heterocycles. The lowest BCUT2D eigenvalue weighted by molar-refractivity contribution is -0.510. The van der Waals surface area contributed by atoms with E-state index >= 15 is 0 Å². The van der Waals surface area contributed by atoms with Gasteiger partial charge >= 0.3 is 0 Å². The van der Waals surface area contributed by atoms with E-state index < -0.39 is 0 Å². The molecule has 158 valence electrons. The number of nitrogens with zero attached hydrogens (tertiary/aromatic N) is 2. The van der Waals surface area contributed by atoms with Crippen LogP contribution in [0.3, 0.4) is 0 Å². The number of nitrogens with one attached hydrogen (secondary N) is 1. The first-order chi connectivity index (χ1) is 15.2. The molecule has 0 aliphatic rings. The van der Waals surface area contributed by atoms with Crippen LogP contribution in [0.1, 0.15) is 0 Å². The summed E-state index contributed by atoms with van der Waals surface area (Å²) in [5.74, 6) is 0.844. The number of hydrogen-bond acceptors (Lipinski definition) is 1. The van der Waals surface area contributed by atoms with Crippen LogP contribution in [0, 0.1) is 0 Å². The van der Waals surface area contributed by atoms with E-state index in [2.05, 4.69) is 109 Å². The number of ether oxygens (including phenoxy) is 1. The third-order valence-electron chi connectivity index (χ3n) is 5.82. The maximum atomic E-state index is 5.36. The molecule has 6 rings (SSSR count). The Bertz CT molecular complexity index is 1570. The van der Waals surface area contributed by atoms with Gasteiger partial charge in [0.1, 0.15) is 11.4 Å². The molecule has 0 fully saturated rings. The van der Waals surface area contributed by atoms with Gasteiger partial charge in [-0.2, -0.15) is 8.97 Å². The first kappa shape index (κ1) is 20.6. The summed E-state index contributed by atoms with van der Waals surface area (Å²) in [6, 6.07) is 27.3.